The maximum atomic E-state index is 13.3. The molecule has 3 aromatic heterocycles. The number of nitrogens with one attached hydrogen (secondary N) is 2. The summed E-state index contributed by atoms with van der Waals surface area (Å²) in [5.74, 6) is 1.19. The number of hydrogen-bond donors (Lipinski definition) is 2. The molecule has 0 amide bonds. The maximum absolute atomic E-state index is 13.3. The van der Waals surface area contributed by atoms with Crippen molar-refractivity contribution in [2.45, 2.75) is 50.4 Å². The molecule has 7 nitrogen and oxygen atoms in total. The van der Waals surface area contributed by atoms with Crippen LogP contribution in [-0.2, 0) is 12.7 Å². The lowest BCUT2D eigenvalue weighted by Gasteiger charge is -2.35. The van der Waals surface area contributed by atoms with Crippen molar-refractivity contribution in [2.24, 2.45) is 9.98 Å². The molecular formula is C25H28F3N7. The number of aromatic nitrogens is 3. The van der Waals surface area contributed by atoms with Gasteiger partial charge in [-0.15, -0.1) is 0 Å². The first-order chi connectivity index (χ1) is 16.9. The molecule has 1 saturated carbocycles. The van der Waals surface area contributed by atoms with Crippen LogP contribution in [0, 0.1) is 0 Å². The zero-order valence-electron chi connectivity index (χ0n) is 19.6. The minimum atomic E-state index is -4.47. The fourth-order valence-corrected chi connectivity index (χ4v) is 4.80. The second kappa shape index (κ2) is 9.41. The number of pyridine rings is 2. The topological polar surface area (TPSA) is 81.6 Å². The number of aromatic amines is 1. The van der Waals surface area contributed by atoms with Gasteiger partial charge in [0.1, 0.15) is 17.2 Å². The van der Waals surface area contributed by atoms with E-state index in [4.69, 9.17) is 4.99 Å². The van der Waals surface area contributed by atoms with E-state index in [9.17, 15) is 13.2 Å². The molecule has 0 spiro atoms. The Morgan fingerprint density at radius 1 is 1.20 bits per heavy atom. The van der Waals surface area contributed by atoms with Crippen LogP contribution < -0.4 is 5.32 Å². The molecule has 0 bridgehead atoms. The average molecular weight is 484 g/mol. The van der Waals surface area contributed by atoms with Crippen LogP contribution in [0.25, 0.3) is 11.0 Å². The average Bonchev–Trinajstić information content (AvgIpc) is 3.61. The van der Waals surface area contributed by atoms with Crippen molar-refractivity contribution < 1.29 is 13.2 Å². The molecular weight excluding hydrogens is 455 g/mol. The second-order valence-electron chi connectivity index (χ2n) is 9.20. The van der Waals surface area contributed by atoms with E-state index in [-0.39, 0.29) is 18.2 Å². The molecule has 1 saturated heterocycles. The van der Waals surface area contributed by atoms with Gasteiger partial charge in [-0.05, 0) is 74.7 Å². The molecule has 35 heavy (non-hydrogen) atoms. The largest absolute Gasteiger partial charge is 0.431 e. The summed E-state index contributed by atoms with van der Waals surface area (Å²) in [5.41, 5.74) is 2.77. The van der Waals surface area contributed by atoms with E-state index in [0.29, 0.717) is 22.6 Å². The van der Waals surface area contributed by atoms with Crippen LogP contribution in [0.5, 0.6) is 0 Å². The molecule has 1 aliphatic heterocycles. The van der Waals surface area contributed by atoms with Gasteiger partial charge in [0.25, 0.3) is 0 Å². The van der Waals surface area contributed by atoms with Crippen LogP contribution in [0.4, 0.5) is 18.9 Å². The standard InChI is InChI=1S/C25H28F3N7/c1-29-20-14-31-13-19(15-3-4-15)22(20)24(35(2)17-6-8-30-9-7-17)33-12-16-5-10-32-23-18(16)11-21(34-23)25(26,27)28/h5,10-11,13-15,17,30H,1,3-4,6-9,12H2,2H3,(H,32,34). The van der Waals surface area contributed by atoms with Gasteiger partial charge < -0.3 is 15.2 Å². The summed E-state index contributed by atoms with van der Waals surface area (Å²) in [7, 11) is 2.04. The molecule has 2 aliphatic rings. The van der Waals surface area contributed by atoms with Crippen LogP contribution >= 0.6 is 0 Å². The lowest BCUT2D eigenvalue weighted by molar-refractivity contribution is -0.140. The summed E-state index contributed by atoms with van der Waals surface area (Å²) < 4.78 is 39.9. The summed E-state index contributed by atoms with van der Waals surface area (Å²) in [5, 5.41) is 3.82. The molecule has 2 fully saturated rings. The molecule has 4 heterocycles. The van der Waals surface area contributed by atoms with Crippen molar-refractivity contribution in [3.8, 4) is 0 Å². The highest BCUT2D eigenvalue weighted by molar-refractivity contribution is 6.04. The van der Waals surface area contributed by atoms with Crippen LogP contribution in [-0.4, -0.2) is 58.6 Å². The first-order valence-corrected chi connectivity index (χ1v) is 11.8. The molecule has 2 N–H and O–H groups in total. The first kappa shape index (κ1) is 23.5. The summed E-state index contributed by atoms with van der Waals surface area (Å²) in [6.45, 7) is 5.82. The van der Waals surface area contributed by atoms with Crippen molar-refractivity contribution >= 4 is 29.3 Å². The van der Waals surface area contributed by atoms with Gasteiger partial charge in [-0.1, -0.05) is 0 Å². The maximum Gasteiger partial charge on any atom is 0.431 e. The Labute approximate surface area is 201 Å². The van der Waals surface area contributed by atoms with E-state index in [2.05, 4.69) is 36.9 Å². The number of amidine groups is 1. The predicted molar refractivity (Wildman–Crippen MR) is 130 cm³/mol. The van der Waals surface area contributed by atoms with Crippen molar-refractivity contribution in [2.75, 3.05) is 20.1 Å². The third-order valence-electron chi connectivity index (χ3n) is 6.88. The van der Waals surface area contributed by atoms with Gasteiger partial charge in [0.2, 0.25) is 0 Å². The molecule has 184 valence electrons. The summed E-state index contributed by atoms with van der Waals surface area (Å²) in [6, 6.07) is 3.12. The highest BCUT2D eigenvalue weighted by Crippen LogP contribution is 2.44. The van der Waals surface area contributed by atoms with E-state index in [1.807, 2.05) is 13.2 Å². The molecule has 0 atom stereocenters. The quantitative estimate of drug-likeness (QED) is 0.389. The van der Waals surface area contributed by atoms with Crippen molar-refractivity contribution in [1.82, 2.24) is 25.2 Å². The molecule has 10 heteroatoms. The Balaban J connectivity index is 1.59. The highest BCUT2D eigenvalue weighted by Gasteiger charge is 2.34. The van der Waals surface area contributed by atoms with Gasteiger partial charge in [-0.25, -0.2) is 4.98 Å². The van der Waals surface area contributed by atoms with E-state index in [1.165, 1.54) is 6.20 Å². The Bertz CT molecular complexity index is 1250. The Morgan fingerprint density at radius 2 is 1.97 bits per heavy atom. The minimum Gasteiger partial charge on any atom is -0.356 e. The third kappa shape index (κ3) is 4.80. The van der Waals surface area contributed by atoms with Crippen molar-refractivity contribution in [3.63, 3.8) is 0 Å². The fraction of sp³-hybridized carbons (Fsp3) is 0.440. The van der Waals surface area contributed by atoms with Gasteiger partial charge >= 0.3 is 6.18 Å². The zero-order valence-corrected chi connectivity index (χ0v) is 19.6. The fourth-order valence-electron chi connectivity index (χ4n) is 4.80. The Morgan fingerprint density at radius 3 is 2.66 bits per heavy atom. The number of rotatable bonds is 6. The van der Waals surface area contributed by atoms with Crippen LogP contribution in [0.3, 0.4) is 0 Å². The summed E-state index contributed by atoms with van der Waals surface area (Å²) >= 11 is 0. The van der Waals surface area contributed by atoms with Crippen LogP contribution in [0.15, 0.2) is 40.7 Å². The second-order valence-corrected chi connectivity index (χ2v) is 9.20. The third-order valence-corrected chi connectivity index (χ3v) is 6.88. The first-order valence-electron chi connectivity index (χ1n) is 11.8. The smallest absolute Gasteiger partial charge is 0.356 e. The molecule has 5 rings (SSSR count). The molecule has 3 aromatic rings. The van der Waals surface area contributed by atoms with E-state index >= 15 is 0 Å². The van der Waals surface area contributed by atoms with E-state index in [1.54, 1.807) is 12.3 Å². The monoisotopic (exact) mass is 483 g/mol. The zero-order chi connectivity index (χ0) is 24.6. The normalized spacial score (nSPS) is 17.7. The van der Waals surface area contributed by atoms with Crippen molar-refractivity contribution in [1.29, 1.82) is 0 Å². The lowest BCUT2D eigenvalue weighted by Crippen LogP contribution is -2.44. The molecule has 1 aliphatic carbocycles. The number of nitrogens with zero attached hydrogens (tertiary/aromatic N) is 5. The predicted octanol–water partition coefficient (Wildman–Crippen LogP) is 4.82. The Kier molecular flexibility index (Phi) is 6.31. The highest BCUT2D eigenvalue weighted by atomic mass is 19.4. The number of halogens is 3. The van der Waals surface area contributed by atoms with Gasteiger partial charge in [0.05, 0.1) is 18.4 Å². The van der Waals surface area contributed by atoms with Crippen LogP contribution in [0.1, 0.15) is 54.0 Å². The van der Waals surface area contributed by atoms with Gasteiger partial charge in [0, 0.05) is 36.4 Å². The van der Waals surface area contributed by atoms with E-state index < -0.39 is 11.9 Å². The lowest BCUT2D eigenvalue weighted by atomic mass is 9.99. The Hall–Kier alpha value is -3.27. The number of alkyl halides is 3. The summed E-state index contributed by atoms with van der Waals surface area (Å²) in [4.78, 5) is 22.3. The van der Waals surface area contributed by atoms with Crippen LogP contribution in [0.2, 0.25) is 0 Å². The molecule has 0 radical (unpaired) electrons. The van der Waals surface area contributed by atoms with Crippen molar-refractivity contribution in [3.05, 3.63) is 53.1 Å². The van der Waals surface area contributed by atoms with Gasteiger partial charge in [-0.3, -0.25) is 15.0 Å². The van der Waals surface area contributed by atoms with E-state index in [0.717, 1.165) is 61.8 Å². The number of fused-ring (bicyclic) bond motifs is 1. The SMILES string of the molecule is C=Nc1cncc(C2CC2)c1C(=NCc1ccnc2[nH]c(C(F)(F)F)cc12)N(C)C1CCNCC1. The number of aliphatic imine (C=N–C) groups is 2. The number of piperidine rings is 1. The minimum absolute atomic E-state index is 0.203. The number of hydrogen-bond acceptors (Lipinski definition) is 5. The number of H-pyrrole nitrogens is 1. The molecule has 0 aromatic carbocycles. The van der Waals surface area contributed by atoms with Gasteiger partial charge in [-0.2, -0.15) is 13.2 Å². The van der Waals surface area contributed by atoms with Gasteiger partial charge in [0.15, 0.2) is 0 Å². The molecule has 0 unspecified atom stereocenters. The summed E-state index contributed by atoms with van der Waals surface area (Å²) in [6.07, 6.45) is 4.76.